The van der Waals surface area contributed by atoms with Crippen molar-refractivity contribution in [1.82, 2.24) is 9.21 Å². The minimum atomic E-state index is -3.75. The summed E-state index contributed by atoms with van der Waals surface area (Å²) in [6, 6.07) is 21.0. The van der Waals surface area contributed by atoms with Crippen LogP contribution in [0.15, 0.2) is 77.7 Å². The maximum atomic E-state index is 13.1. The van der Waals surface area contributed by atoms with E-state index >= 15 is 0 Å². The fourth-order valence-corrected chi connectivity index (χ4v) is 5.73. The van der Waals surface area contributed by atoms with E-state index in [2.05, 4.69) is 21.8 Å². The van der Waals surface area contributed by atoms with E-state index in [1.54, 1.807) is 7.11 Å². The molecule has 0 N–H and O–H groups in total. The minimum Gasteiger partial charge on any atom is -0.497 e. The number of methoxy groups -OCH3 is 1. The van der Waals surface area contributed by atoms with Crippen LogP contribution in [-0.4, -0.2) is 64.1 Å². The highest BCUT2D eigenvalue weighted by atomic mass is 32.2. The molecule has 38 heavy (non-hydrogen) atoms. The van der Waals surface area contributed by atoms with E-state index in [4.69, 9.17) is 9.47 Å². The van der Waals surface area contributed by atoms with Crippen LogP contribution >= 0.6 is 0 Å². The molecule has 7 nitrogen and oxygen atoms in total. The van der Waals surface area contributed by atoms with E-state index in [0.29, 0.717) is 39.3 Å². The molecule has 204 valence electrons. The first-order valence-electron chi connectivity index (χ1n) is 12.3. The molecule has 0 amide bonds. The van der Waals surface area contributed by atoms with Crippen molar-refractivity contribution in [1.29, 1.82) is 0 Å². The van der Waals surface area contributed by atoms with Gasteiger partial charge in [-0.05, 0) is 54.4 Å². The fourth-order valence-electron chi connectivity index (χ4n) is 4.31. The molecule has 3 aromatic carbocycles. The number of aryl methyl sites for hydroxylation is 1. The van der Waals surface area contributed by atoms with Gasteiger partial charge in [-0.15, -0.1) is 0 Å². The first-order valence-corrected chi connectivity index (χ1v) is 13.8. The minimum absolute atomic E-state index is 0.0447. The van der Waals surface area contributed by atoms with Crippen molar-refractivity contribution in [3.05, 3.63) is 89.5 Å². The third-order valence-electron chi connectivity index (χ3n) is 6.48. The lowest BCUT2D eigenvalue weighted by Gasteiger charge is -2.36. The number of benzene rings is 3. The number of piperazine rings is 1. The van der Waals surface area contributed by atoms with Crippen molar-refractivity contribution in [3.63, 3.8) is 0 Å². The topological polar surface area (TPSA) is 68.3 Å². The summed E-state index contributed by atoms with van der Waals surface area (Å²) in [6.45, 7) is 1.78. The molecule has 1 aliphatic heterocycles. The standard InChI is InChI=1S/C28H32F2N2O5S/c1-21-6-8-22(9-7-21)20-36-27(23-4-3-5-25(18-23)35-2)19-31-14-16-32(17-15-31)38(33,34)26-12-10-24(11-13-26)37-28(29)30/h3-13,18,27-28H,14-17,19-20H2,1-2H3. The van der Waals surface area contributed by atoms with Gasteiger partial charge in [0, 0.05) is 32.7 Å². The number of hydrogen-bond donors (Lipinski definition) is 0. The highest BCUT2D eigenvalue weighted by Gasteiger charge is 2.30. The van der Waals surface area contributed by atoms with Gasteiger partial charge in [-0.1, -0.05) is 42.0 Å². The van der Waals surface area contributed by atoms with Gasteiger partial charge in [-0.3, -0.25) is 4.90 Å². The molecular formula is C28H32F2N2O5S. The van der Waals surface area contributed by atoms with E-state index in [1.807, 2.05) is 43.3 Å². The molecule has 1 saturated heterocycles. The monoisotopic (exact) mass is 546 g/mol. The molecule has 1 fully saturated rings. The van der Waals surface area contributed by atoms with Crippen LogP contribution < -0.4 is 9.47 Å². The number of rotatable bonds is 11. The highest BCUT2D eigenvalue weighted by molar-refractivity contribution is 7.89. The zero-order valence-electron chi connectivity index (χ0n) is 21.4. The number of ether oxygens (including phenoxy) is 3. The maximum absolute atomic E-state index is 13.1. The molecule has 1 heterocycles. The number of hydrogen-bond acceptors (Lipinski definition) is 6. The quantitative estimate of drug-likeness (QED) is 0.342. The van der Waals surface area contributed by atoms with Gasteiger partial charge in [0.2, 0.25) is 10.0 Å². The van der Waals surface area contributed by atoms with Crippen molar-refractivity contribution in [3.8, 4) is 11.5 Å². The van der Waals surface area contributed by atoms with Gasteiger partial charge in [0.15, 0.2) is 0 Å². The molecule has 0 aliphatic carbocycles. The maximum Gasteiger partial charge on any atom is 0.387 e. The van der Waals surface area contributed by atoms with Crippen molar-refractivity contribution in [2.75, 3.05) is 39.8 Å². The number of nitrogens with zero attached hydrogens (tertiary/aromatic N) is 2. The fraction of sp³-hybridized carbons (Fsp3) is 0.357. The van der Waals surface area contributed by atoms with Crippen LogP contribution in [0.2, 0.25) is 0 Å². The van der Waals surface area contributed by atoms with E-state index in [-0.39, 0.29) is 16.7 Å². The van der Waals surface area contributed by atoms with Gasteiger partial charge in [-0.2, -0.15) is 13.1 Å². The normalized spacial score (nSPS) is 15.9. The third kappa shape index (κ3) is 7.28. The molecular weight excluding hydrogens is 514 g/mol. The molecule has 0 radical (unpaired) electrons. The van der Waals surface area contributed by atoms with Gasteiger partial charge >= 0.3 is 6.61 Å². The average molecular weight is 547 g/mol. The van der Waals surface area contributed by atoms with Gasteiger partial charge in [0.25, 0.3) is 0 Å². The summed E-state index contributed by atoms with van der Waals surface area (Å²) in [7, 11) is -2.13. The number of halogens is 2. The van der Waals surface area contributed by atoms with Crippen LogP contribution in [0.1, 0.15) is 22.8 Å². The van der Waals surface area contributed by atoms with E-state index < -0.39 is 16.6 Å². The molecule has 0 spiro atoms. The predicted molar refractivity (Wildman–Crippen MR) is 140 cm³/mol. The Bertz CT molecular complexity index is 1280. The van der Waals surface area contributed by atoms with E-state index in [0.717, 1.165) is 16.9 Å². The van der Waals surface area contributed by atoms with Crippen molar-refractivity contribution in [2.24, 2.45) is 0 Å². The van der Waals surface area contributed by atoms with Crippen molar-refractivity contribution in [2.45, 2.75) is 31.1 Å². The SMILES string of the molecule is COc1cccc(C(CN2CCN(S(=O)(=O)c3ccc(OC(F)F)cc3)CC2)OCc2ccc(C)cc2)c1. The first-order chi connectivity index (χ1) is 18.2. The second-order valence-corrected chi connectivity index (χ2v) is 11.1. The lowest BCUT2D eigenvalue weighted by atomic mass is 10.1. The molecule has 4 rings (SSSR count). The van der Waals surface area contributed by atoms with Crippen LogP contribution in [0, 0.1) is 6.92 Å². The summed E-state index contributed by atoms with van der Waals surface area (Å²) in [4.78, 5) is 2.23. The summed E-state index contributed by atoms with van der Waals surface area (Å²) in [5.74, 6) is 0.658. The molecule has 0 bridgehead atoms. The summed E-state index contributed by atoms with van der Waals surface area (Å²) in [6.07, 6.45) is -0.239. The number of sulfonamides is 1. The van der Waals surface area contributed by atoms with Gasteiger partial charge < -0.3 is 14.2 Å². The van der Waals surface area contributed by atoms with Crippen LogP contribution in [-0.2, 0) is 21.4 Å². The Hall–Kier alpha value is -3.05. The first kappa shape index (κ1) is 28.0. The smallest absolute Gasteiger partial charge is 0.387 e. The van der Waals surface area contributed by atoms with E-state index in [9.17, 15) is 17.2 Å². The van der Waals surface area contributed by atoms with Gasteiger partial charge in [0.1, 0.15) is 11.5 Å². The summed E-state index contributed by atoms with van der Waals surface area (Å²) in [5.41, 5.74) is 3.24. The largest absolute Gasteiger partial charge is 0.497 e. The molecule has 1 unspecified atom stereocenters. The molecule has 0 saturated carbocycles. The van der Waals surface area contributed by atoms with Gasteiger partial charge in [-0.25, -0.2) is 8.42 Å². The Morgan fingerprint density at radius 3 is 2.21 bits per heavy atom. The molecule has 0 aromatic heterocycles. The summed E-state index contributed by atoms with van der Waals surface area (Å²) >= 11 is 0. The Kier molecular flexibility index (Phi) is 9.32. The second kappa shape index (κ2) is 12.7. The third-order valence-corrected chi connectivity index (χ3v) is 8.39. The summed E-state index contributed by atoms with van der Waals surface area (Å²) < 4.78 is 68.5. The summed E-state index contributed by atoms with van der Waals surface area (Å²) in [5, 5.41) is 0. The molecule has 3 aromatic rings. The van der Waals surface area contributed by atoms with E-state index in [1.165, 1.54) is 34.1 Å². The van der Waals surface area contributed by atoms with Crippen LogP contribution in [0.5, 0.6) is 11.5 Å². The predicted octanol–water partition coefficient (Wildman–Crippen LogP) is 4.87. The lowest BCUT2D eigenvalue weighted by Crippen LogP contribution is -2.49. The Morgan fingerprint density at radius 2 is 1.58 bits per heavy atom. The Balaban J connectivity index is 1.40. The highest BCUT2D eigenvalue weighted by Crippen LogP contribution is 2.26. The zero-order chi connectivity index (χ0) is 27.1. The lowest BCUT2D eigenvalue weighted by molar-refractivity contribution is -0.0498. The van der Waals surface area contributed by atoms with Crippen molar-refractivity contribution < 1.29 is 31.4 Å². The van der Waals surface area contributed by atoms with Gasteiger partial charge in [0.05, 0.1) is 24.7 Å². The molecule has 1 atom stereocenters. The van der Waals surface area contributed by atoms with Crippen LogP contribution in [0.4, 0.5) is 8.78 Å². The van der Waals surface area contributed by atoms with Crippen LogP contribution in [0.25, 0.3) is 0 Å². The Labute approximate surface area is 222 Å². The molecule has 10 heteroatoms. The number of alkyl halides is 2. The van der Waals surface area contributed by atoms with Crippen molar-refractivity contribution >= 4 is 10.0 Å². The average Bonchev–Trinajstić information content (AvgIpc) is 2.92. The zero-order valence-corrected chi connectivity index (χ0v) is 22.2. The Morgan fingerprint density at radius 1 is 0.895 bits per heavy atom. The molecule has 1 aliphatic rings. The van der Waals surface area contributed by atoms with Crippen LogP contribution in [0.3, 0.4) is 0 Å². The second-order valence-electron chi connectivity index (χ2n) is 9.12.